The minimum Gasteiger partial charge on any atom is -0.484 e. The third kappa shape index (κ3) is 4.62. The summed E-state index contributed by atoms with van der Waals surface area (Å²) in [7, 11) is 0. The molecule has 0 aliphatic carbocycles. The summed E-state index contributed by atoms with van der Waals surface area (Å²) in [6, 6.07) is 7.74. The maximum Gasteiger partial charge on any atom is 0.271 e. The molecule has 0 unspecified atom stereocenters. The lowest BCUT2D eigenvalue weighted by Gasteiger charge is -2.26. The van der Waals surface area contributed by atoms with Crippen LogP contribution in [0.5, 0.6) is 5.75 Å². The number of amides is 1. The normalized spacial score (nSPS) is 19.9. The van der Waals surface area contributed by atoms with Gasteiger partial charge in [-0.2, -0.15) is 0 Å². The minimum atomic E-state index is -0.688. The minimum absolute atomic E-state index is 0. The SMILES string of the molecule is Cl.NC(=O)c1ncccc1O[C@@H]1CNCCO[C@H]1c1ccc(Cl)c(F)c1. The van der Waals surface area contributed by atoms with E-state index in [2.05, 4.69) is 10.3 Å². The number of carbonyl (C=O) groups excluding carboxylic acids is 1. The molecule has 1 aromatic carbocycles. The van der Waals surface area contributed by atoms with Gasteiger partial charge in [-0.1, -0.05) is 17.7 Å². The molecule has 1 fully saturated rings. The van der Waals surface area contributed by atoms with Gasteiger partial charge < -0.3 is 20.5 Å². The van der Waals surface area contributed by atoms with E-state index in [9.17, 15) is 9.18 Å². The lowest BCUT2D eigenvalue weighted by atomic mass is 10.0. The Morgan fingerprint density at radius 3 is 2.96 bits per heavy atom. The number of carbonyl (C=O) groups is 1. The topological polar surface area (TPSA) is 86.5 Å². The fourth-order valence-electron chi connectivity index (χ4n) is 2.65. The molecule has 2 aromatic rings. The van der Waals surface area contributed by atoms with Crippen molar-refractivity contribution in [2.75, 3.05) is 19.7 Å². The van der Waals surface area contributed by atoms with E-state index in [4.69, 9.17) is 26.8 Å². The van der Waals surface area contributed by atoms with Gasteiger partial charge in [-0.25, -0.2) is 9.37 Å². The first-order valence-electron chi connectivity index (χ1n) is 7.75. The van der Waals surface area contributed by atoms with Crippen LogP contribution in [0.4, 0.5) is 4.39 Å². The van der Waals surface area contributed by atoms with Crippen LogP contribution in [-0.2, 0) is 4.74 Å². The van der Waals surface area contributed by atoms with Crippen molar-refractivity contribution < 1.29 is 18.7 Å². The van der Waals surface area contributed by atoms with Gasteiger partial charge in [0.1, 0.15) is 18.0 Å². The van der Waals surface area contributed by atoms with Crippen LogP contribution >= 0.6 is 24.0 Å². The van der Waals surface area contributed by atoms with Gasteiger partial charge in [0, 0.05) is 19.3 Å². The molecular weight excluding hydrogens is 384 g/mol. The van der Waals surface area contributed by atoms with E-state index in [1.54, 1.807) is 18.2 Å². The largest absolute Gasteiger partial charge is 0.484 e. The number of pyridine rings is 1. The van der Waals surface area contributed by atoms with E-state index < -0.39 is 23.9 Å². The number of aromatic nitrogens is 1. The van der Waals surface area contributed by atoms with Gasteiger partial charge in [-0.05, 0) is 29.8 Å². The van der Waals surface area contributed by atoms with Gasteiger partial charge in [0.05, 0.1) is 11.6 Å². The standard InChI is InChI=1S/C17H17ClFN3O3.ClH/c18-11-4-3-10(8-12(11)19)16-14(9-21-6-7-24-16)25-13-2-1-5-22-15(13)17(20)23;/h1-5,8,14,16,21H,6-7,9H2,(H2,20,23);1H/t14-,16+;/m1./s1. The van der Waals surface area contributed by atoms with Gasteiger partial charge in [0.15, 0.2) is 11.4 Å². The number of hydrogen-bond donors (Lipinski definition) is 2. The summed E-state index contributed by atoms with van der Waals surface area (Å²) in [6.07, 6.45) is 0.411. The number of rotatable bonds is 4. The second kappa shape index (κ2) is 9.14. The van der Waals surface area contributed by atoms with Gasteiger partial charge in [0.25, 0.3) is 5.91 Å². The lowest BCUT2D eigenvalue weighted by molar-refractivity contribution is -0.00893. The highest BCUT2D eigenvalue weighted by Crippen LogP contribution is 2.29. The number of primary amides is 1. The molecule has 26 heavy (non-hydrogen) atoms. The van der Waals surface area contributed by atoms with Crippen molar-refractivity contribution >= 4 is 29.9 Å². The number of nitrogens with two attached hydrogens (primary N) is 1. The number of hydrogen-bond acceptors (Lipinski definition) is 5. The fraction of sp³-hybridized carbons (Fsp3) is 0.294. The van der Waals surface area contributed by atoms with E-state index in [1.807, 2.05) is 0 Å². The Labute approximate surface area is 161 Å². The van der Waals surface area contributed by atoms with Crippen LogP contribution in [0.2, 0.25) is 5.02 Å². The third-order valence-electron chi connectivity index (χ3n) is 3.81. The summed E-state index contributed by atoms with van der Waals surface area (Å²) >= 11 is 5.75. The highest BCUT2D eigenvalue weighted by Gasteiger charge is 2.29. The fourth-order valence-corrected chi connectivity index (χ4v) is 2.77. The lowest BCUT2D eigenvalue weighted by Crippen LogP contribution is -2.35. The average Bonchev–Trinajstić information content (AvgIpc) is 2.83. The number of nitrogens with zero attached hydrogens (tertiary/aromatic N) is 1. The Kier molecular flexibility index (Phi) is 7.16. The first-order chi connectivity index (χ1) is 12.1. The zero-order valence-corrected chi connectivity index (χ0v) is 15.2. The highest BCUT2D eigenvalue weighted by molar-refractivity contribution is 6.30. The van der Waals surface area contributed by atoms with E-state index in [0.717, 1.165) is 0 Å². The van der Waals surface area contributed by atoms with Gasteiger partial charge in [0.2, 0.25) is 0 Å². The monoisotopic (exact) mass is 401 g/mol. The Morgan fingerprint density at radius 2 is 2.23 bits per heavy atom. The zero-order chi connectivity index (χ0) is 17.8. The molecule has 2 atom stereocenters. The maximum atomic E-state index is 13.8. The van der Waals surface area contributed by atoms with Crippen LogP contribution < -0.4 is 15.8 Å². The van der Waals surface area contributed by atoms with E-state index in [1.165, 1.54) is 18.3 Å². The molecule has 2 heterocycles. The summed E-state index contributed by atoms with van der Waals surface area (Å²) in [6.45, 7) is 1.51. The summed E-state index contributed by atoms with van der Waals surface area (Å²) in [5, 5.41) is 3.22. The molecule has 0 spiro atoms. The second-order valence-electron chi connectivity index (χ2n) is 5.54. The maximum absolute atomic E-state index is 13.8. The van der Waals surface area contributed by atoms with Gasteiger partial charge in [-0.15, -0.1) is 12.4 Å². The van der Waals surface area contributed by atoms with Crippen molar-refractivity contribution in [2.45, 2.75) is 12.2 Å². The molecule has 1 aromatic heterocycles. The van der Waals surface area contributed by atoms with Crippen molar-refractivity contribution in [3.8, 4) is 5.75 Å². The van der Waals surface area contributed by atoms with Crippen LogP contribution in [0.15, 0.2) is 36.5 Å². The van der Waals surface area contributed by atoms with Crippen molar-refractivity contribution in [2.24, 2.45) is 5.73 Å². The van der Waals surface area contributed by atoms with Crippen LogP contribution in [0, 0.1) is 5.82 Å². The molecule has 0 radical (unpaired) electrons. The van der Waals surface area contributed by atoms with Crippen molar-refractivity contribution in [1.29, 1.82) is 0 Å². The van der Waals surface area contributed by atoms with Crippen LogP contribution in [0.25, 0.3) is 0 Å². The Bertz CT molecular complexity index is 779. The summed E-state index contributed by atoms with van der Waals surface area (Å²) in [5.41, 5.74) is 5.97. The summed E-state index contributed by atoms with van der Waals surface area (Å²) in [5.74, 6) is -0.961. The molecule has 9 heteroatoms. The summed E-state index contributed by atoms with van der Waals surface area (Å²) in [4.78, 5) is 15.5. The van der Waals surface area contributed by atoms with Crippen molar-refractivity contribution in [1.82, 2.24) is 10.3 Å². The second-order valence-corrected chi connectivity index (χ2v) is 5.95. The molecule has 1 aliphatic heterocycles. The molecule has 3 N–H and O–H groups in total. The van der Waals surface area contributed by atoms with Crippen molar-refractivity contribution in [3.05, 3.63) is 58.6 Å². The number of ether oxygens (including phenoxy) is 2. The van der Waals surface area contributed by atoms with Crippen LogP contribution in [0.1, 0.15) is 22.2 Å². The highest BCUT2D eigenvalue weighted by atomic mass is 35.5. The Morgan fingerprint density at radius 1 is 1.42 bits per heavy atom. The summed E-state index contributed by atoms with van der Waals surface area (Å²) < 4.78 is 25.6. The first kappa shape index (κ1) is 20.4. The van der Waals surface area contributed by atoms with E-state index in [0.29, 0.717) is 25.3 Å². The van der Waals surface area contributed by atoms with Crippen LogP contribution in [0.3, 0.4) is 0 Å². The Balaban J connectivity index is 0.00000243. The third-order valence-corrected chi connectivity index (χ3v) is 4.12. The smallest absolute Gasteiger partial charge is 0.271 e. The molecule has 140 valence electrons. The molecule has 3 rings (SSSR count). The van der Waals surface area contributed by atoms with E-state index in [-0.39, 0.29) is 28.9 Å². The van der Waals surface area contributed by atoms with Gasteiger partial charge in [-0.3, -0.25) is 4.79 Å². The Hall–Kier alpha value is -1.93. The first-order valence-corrected chi connectivity index (χ1v) is 8.13. The quantitative estimate of drug-likeness (QED) is 0.821. The zero-order valence-electron chi connectivity index (χ0n) is 13.7. The number of nitrogens with one attached hydrogen (secondary N) is 1. The molecular formula is C17H18Cl2FN3O3. The molecule has 0 bridgehead atoms. The number of benzene rings is 1. The number of halogens is 3. The molecule has 1 aliphatic rings. The predicted molar refractivity (Wildman–Crippen MR) is 97.4 cm³/mol. The molecule has 6 nitrogen and oxygen atoms in total. The van der Waals surface area contributed by atoms with Crippen LogP contribution in [-0.4, -0.2) is 36.7 Å². The molecule has 1 amide bonds. The predicted octanol–water partition coefficient (Wildman–Crippen LogP) is 2.50. The molecule has 0 saturated carbocycles. The van der Waals surface area contributed by atoms with Gasteiger partial charge >= 0.3 is 0 Å². The van der Waals surface area contributed by atoms with Crippen molar-refractivity contribution in [3.63, 3.8) is 0 Å². The molecule has 1 saturated heterocycles. The van der Waals surface area contributed by atoms with E-state index >= 15 is 0 Å². The average molecular weight is 402 g/mol.